The average Bonchev–Trinajstić information content (AvgIpc) is 2.76. The average molecular weight is 519 g/mol. The highest BCUT2D eigenvalue weighted by Gasteiger charge is 2.52. The highest BCUT2D eigenvalue weighted by atomic mass is 35.5. The van der Waals surface area contributed by atoms with Gasteiger partial charge in [-0.15, -0.1) is 0 Å². The molecule has 2 aliphatic rings. The number of aromatic carboxylic acids is 1. The van der Waals surface area contributed by atoms with Crippen LogP contribution in [0, 0.1) is 11.3 Å². The van der Waals surface area contributed by atoms with E-state index in [4.69, 9.17) is 21.4 Å². The second-order valence-corrected chi connectivity index (χ2v) is 11.2. The fourth-order valence-corrected chi connectivity index (χ4v) is 4.72. The maximum Gasteiger partial charge on any atom is 0.335 e. The minimum atomic E-state index is -2.76. The standard InChI is InChI=1S/C27H29ClF2N2O4/c1-25(2,3)15-36-22-10-7-18(11-21(22)28)26(4)20(17-12-27(29,30)13-17)14-32(24(35)31-26)19-8-5-16(6-9-19)23(33)34/h5-11,14,17H,12-13,15H2,1-4H3,(H,31,35)(H,33,34)/t26-/m0/s1. The monoisotopic (exact) mass is 518 g/mol. The summed E-state index contributed by atoms with van der Waals surface area (Å²) in [5.41, 5.74) is 0.616. The third-order valence-corrected chi connectivity index (χ3v) is 6.81. The van der Waals surface area contributed by atoms with Crippen LogP contribution in [0.1, 0.15) is 56.5 Å². The molecular formula is C27H29ClF2N2O4. The lowest BCUT2D eigenvalue weighted by Gasteiger charge is -2.47. The van der Waals surface area contributed by atoms with Crippen LogP contribution in [0.2, 0.25) is 5.02 Å². The van der Waals surface area contributed by atoms with Gasteiger partial charge < -0.3 is 15.2 Å². The molecule has 0 bridgehead atoms. The zero-order valence-electron chi connectivity index (χ0n) is 20.6. The lowest BCUT2D eigenvalue weighted by Crippen LogP contribution is -2.57. The summed E-state index contributed by atoms with van der Waals surface area (Å²) >= 11 is 6.53. The van der Waals surface area contributed by atoms with E-state index in [2.05, 4.69) is 5.32 Å². The van der Waals surface area contributed by atoms with E-state index in [0.29, 0.717) is 34.2 Å². The Labute approximate surface area is 213 Å². The Hall–Kier alpha value is -3.13. The number of hydrogen-bond acceptors (Lipinski definition) is 3. The van der Waals surface area contributed by atoms with Crippen molar-refractivity contribution in [3.05, 3.63) is 70.4 Å². The molecule has 1 fully saturated rings. The van der Waals surface area contributed by atoms with Gasteiger partial charge in [-0.05, 0) is 65.8 Å². The first-order valence-electron chi connectivity index (χ1n) is 11.7. The maximum atomic E-state index is 13.9. The molecule has 4 rings (SSSR count). The quantitative estimate of drug-likeness (QED) is 0.439. The number of urea groups is 1. The van der Waals surface area contributed by atoms with Crippen molar-refractivity contribution in [2.24, 2.45) is 11.3 Å². The smallest absolute Gasteiger partial charge is 0.335 e. The number of halogens is 3. The Morgan fingerprint density at radius 3 is 2.36 bits per heavy atom. The van der Waals surface area contributed by atoms with Gasteiger partial charge in [0, 0.05) is 19.0 Å². The molecular weight excluding hydrogens is 490 g/mol. The molecule has 0 saturated heterocycles. The van der Waals surface area contributed by atoms with E-state index in [0.717, 1.165) is 0 Å². The number of hydrogen-bond donors (Lipinski definition) is 2. The molecule has 2 aromatic carbocycles. The second-order valence-electron chi connectivity index (χ2n) is 10.8. The molecule has 9 heteroatoms. The van der Waals surface area contributed by atoms with Crippen molar-refractivity contribution >= 4 is 29.3 Å². The number of carboxylic acids is 1. The molecule has 1 aliphatic heterocycles. The molecule has 1 atom stereocenters. The van der Waals surface area contributed by atoms with E-state index >= 15 is 0 Å². The van der Waals surface area contributed by atoms with Crippen LogP contribution >= 0.6 is 11.6 Å². The molecule has 2 amide bonds. The van der Waals surface area contributed by atoms with Crippen LogP contribution in [0.15, 0.2) is 54.2 Å². The number of benzene rings is 2. The van der Waals surface area contributed by atoms with E-state index in [1.807, 2.05) is 20.8 Å². The summed E-state index contributed by atoms with van der Waals surface area (Å²) < 4.78 is 33.6. The minimum absolute atomic E-state index is 0.0667. The summed E-state index contributed by atoms with van der Waals surface area (Å²) in [6, 6.07) is 10.5. The van der Waals surface area contributed by atoms with Gasteiger partial charge in [0.1, 0.15) is 5.75 Å². The number of nitrogens with zero attached hydrogens (tertiary/aromatic N) is 1. The summed E-state index contributed by atoms with van der Waals surface area (Å²) in [5.74, 6) is -3.80. The third kappa shape index (κ3) is 5.19. The summed E-state index contributed by atoms with van der Waals surface area (Å²) in [4.78, 5) is 25.7. The number of amides is 2. The number of carboxylic acid groups (broad SMARTS) is 1. The predicted octanol–water partition coefficient (Wildman–Crippen LogP) is 6.84. The van der Waals surface area contributed by atoms with Crippen LogP contribution in [0.3, 0.4) is 0 Å². The molecule has 0 aromatic heterocycles. The molecule has 1 aliphatic carbocycles. The zero-order valence-corrected chi connectivity index (χ0v) is 21.3. The highest BCUT2D eigenvalue weighted by molar-refractivity contribution is 6.32. The van der Waals surface area contributed by atoms with Gasteiger partial charge in [0.15, 0.2) is 0 Å². The lowest BCUT2D eigenvalue weighted by atomic mass is 9.68. The number of alkyl halides is 2. The van der Waals surface area contributed by atoms with Crippen LogP contribution in [0.4, 0.5) is 19.3 Å². The predicted molar refractivity (Wildman–Crippen MR) is 134 cm³/mol. The van der Waals surface area contributed by atoms with E-state index in [-0.39, 0.29) is 23.8 Å². The Bertz CT molecular complexity index is 1220. The van der Waals surface area contributed by atoms with Gasteiger partial charge in [0.05, 0.1) is 28.4 Å². The van der Waals surface area contributed by atoms with E-state index in [1.165, 1.54) is 29.2 Å². The fraction of sp³-hybridized carbons (Fsp3) is 0.407. The van der Waals surface area contributed by atoms with E-state index < -0.39 is 29.4 Å². The molecule has 0 spiro atoms. The van der Waals surface area contributed by atoms with Crippen LogP contribution < -0.4 is 15.0 Å². The van der Waals surface area contributed by atoms with Gasteiger partial charge in [-0.2, -0.15) is 0 Å². The first-order valence-corrected chi connectivity index (χ1v) is 12.0. The molecule has 2 aromatic rings. The molecule has 1 saturated carbocycles. The number of ether oxygens (including phenoxy) is 1. The van der Waals surface area contributed by atoms with E-state index in [1.54, 1.807) is 31.3 Å². The van der Waals surface area contributed by atoms with Crippen molar-refractivity contribution in [2.45, 2.75) is 52.0 Å². The minimum Gasteiger partial charge on any atom is -0.491 e. The molecule has 0 unspecified atom stereocenters. The first kappa shape index (κ1) is 25.9. The summed E-state index contributed by atoms with van der Waals surface area (Å²) in [6.07, 6.45) is 0.944. The van der Waals surface area contributed by atoms with Crippen molar-refractivity contribution in [1.82, 2.24) is 5.32 Å². The number of anilines is 1. The van der Waals surface area contributed by atoms with Crippen molar-refractivity contribution in [2.75, 3.05) is 11.5 Å². The second kappa shape index (κ2) is 9.07. The largest absolute Gasteiger partial charge is 0.491 e. The molecule has 1 heterocycles. The number of carbonyl (C=O) groups excluding carboxylic acids is 1. The van der Waals surface area contributed by atoms with Crippen LogP contribution in [0.5, 0.6) is 5.75 Å². The van der Waals surface area contributed by atoms with Crippen molar-refractivity contribution in [3.63, 3.8) is 0 Å². The highest BCUT2D eigenvalue weighted by Crippen LogP contribution is 2.52. The number of carbonyl (C=O) groups is 2. The van der Waals surface area contributed by atoms with Crippen molar-refractivity contribution in [3.8, 4) is 5.75 Å². The SMILES string of the molecule is CC(C)(C)COc1ccc([C@]2(C)NC(=O)N(c3ccc(C(=O)O)cc3)C=C2C2CC(F)(F)C2)cc1Cl. The van der Waals surface area contributed by atoms with Crippen molar-refractivity contribution < 1.29 is 28.2 Å². The zero-order chi connectivity index (χ0) is 26.5. The molecule has 36 heavy (non-hydrogen) atoms. The van der Waals surface area contributed by atoms with Gasteiger partial charge in [0.25, 0.3) is 0 Å². The van der Waals surface area contributed by atoms with Gasteiger partial charge >= 0.3 is 12.0 Å². The Kier molecular flexibility index (Phi) is 6.54. The van der Waals surface area contributed by atoms with Gasteiger partial charge in [-0.1, -0.05) is 38.4 Å². The Balaban J connectivity index is 1.71. The maximum absolute atomic E-state index is 13.9. The molecule has 192 valence electrons. The summed E-state index contributed by atoms with van der Waals surface area (Å²) in [5, 5.41) is 12.5. The molecule has 6 nitrogen and oxygen atoms in total. The summed E-state index contributed by atoms with van der Waals surface area (Å²) in [6.45, 7) is 8.36. The van der Waals surface area contributed by atoms with Gasteiger partial charge in [-0.3, -0.25) is 4.90 Å². The van der Waals surface area contributed by atoms with Gasteiger partial charge in [0.2, 0.25) is 5.92 Å². The fourth-order valence-electron chi connectivity index (χ4n) is 4.49. The third-order valence-electron chi connectivity index (χ3n) is 6.51. The first-order chi connectivity index (χ1) is 16.7. The van der Waals surface area contributed by atoms with Crippen LogP contribution in [-0.2, 0) is 5.54 Å². The Morgan fingerprint density at radius 2 is 1.83 bits per heavy atom. The van der Waals surface area contributed by atoms with Crippen molar-refractivity contribution in [1.29, 1.82) is 0 Å². The van der Waals surface area contributed by atoms with Crippen LogP contribution in [0.25, 0.3) is 0 Å². The topological polar surface area (TPSA) is 78.9 Å². The lowest BCUT2D eigenvalue weighted by molar-refractivity contribution is -0.102. The molecule has 2 N–H and O–H groups in total. The summed E-state index contributed by atoms with van der Waals surface area (Å²) in [7, 11) is 0. The number of nitrogens with one attached hydrogen (secondary N) is 1. The van der Waals surface area contributed by atoms with Gasteiger partial charge in [-0.25, -0.2) is 18.4 Å². The number of rotatable bonds is 6. The van der Waals surface area contributed by atoms with Crippen LogP contribution in [-0.4, -0.2) is 29.6 Å². The normalized spacial score (nSPS) is 21.9. The molecule has 0 radical (unpaired) electrons. The Morgan fingerprint density at radius 1 is 1.19 bits per heavy atom. The van der Waals surface area contributed by atoms with E-state index in [9.17, 15) is 18.4 Å².